The number of rotatable bonds is 8. The van der Waals surface area contributed by atoms with Gasteiger partial charge in [0.15, 0.2) is 0 Å². The second kappa shape index (κ2) is 9.89. The Hall–Kier alpha value is -0.380. The molecule has 0 aromatic rings. The number of hydrogen-bond donors (Lipinski definition) is 5. The Morgan fingerprint density at radius 3 is 2.33 bits per heavy atom. The van der Waals surface area contributed by atoms with Gasteiger partial charge >= 0.3 is 0 Å². The smallest absolute Gasteiger partial charge is 0.237 e. The van der Waals surface area contributed by atoms with Crippen LogP contribution in [0.25, 0.3) is 0 Å². The van der Waals surface area contributed by atoms with Crippen molar-refractivity contribution in [3.63, 3.8) is 0 Å². The summed E-state index contributed by atoms with van der Waals surface area (Å²) in [7, 11) is 0. The first-order valence-electron chi connectivity index (χ1n) is 9.93. The molecular formula is C19H36N2O5S. The van der Waals surface area contributed by atoms with Crippen molar-refractivity contribution in [1.29, 1.82) is 0 Å². The van der Waals surface area contributed by atoms with Gasteiger partial charge in [-0.2, -0.15) is 0 Å². The summed E-state index contributed by atoms with van der Waals surface area (Å²) in [4.78, 5) is 12.8. The van der Waals surface area contributed by atoms with Crippen molar-refractivity contribution in [3.05, 3.63) is 0 Å². The third-order valence-electron chi connectivity index (χ3n) is 5.69. The van der Waals surface area contributed by atoms with E-state index < -0.39 is 35.9 Å². The first-order chi connectivity index (χ1) is 12.7. The van der Waals surface area contributed by atoms with E-state index in [4.69, 9.17) is 4.74 Å². The van der Waals surface area contributed by atoms with Crippen LogP contribution in [-0.4, -0.2) is 76.0 Å². The van der Waals surface area contributed by atoms with E-state index in [1.165, 1.54) is 11.8 Å². The fourth-order valence-electron chi connectivity index (χ4n) is 3.77. The Balaban J connectivity index is 2.03. The monoisotopic (exact) mass is 404 g/mol. The Bertz CT molecular complexity index is 491. The van der Waals surface area contributed by atoms with Gasteiger partial charge in [0.2, 0.25) is 5.91 Å². The Morgan fingerprint density at radius 1 is 1.19 bits per heavy atom. The molecule has 27 heavy (non-hydrogen) atoms. The summed E-state index contributed by atoms with van der Waals surface area (Å²) in [6, 6.07) is -0.685. The third kappa shape index (κ3) is 5.36. The van der Waals surface area contributed by atoms with Crippen molar-refractivity contribution >= 4 is 17.7 Å². The molecule has 0 spiro atoms. The van der Waals surface area contributed by atoms with E-state index >= 15 is 0 Å². The second-order valence-electron chi connectivity index (χ2n) is 8.57. The molecular weight excluding hydrogens is 368 g/mol. The van der Waals surface area contributed by atoms with Crippen molar-refractivity contribution in [2.45, 2.75) is 82.5 Å². The van der Waals surface area contributed by atoms with E-state index in [1.807, 2.05) is 13.8 Å². The maximum Gasteiger partial charge on any atom is 0.237 e. The van der Waals surface area contributed by atoms with Crippen molar-refractivity contribution in [2.75, 3.05) is 12.8 Å². The molecule has 2 aliphatic rings. The number of carbonyl (C=O) groups is 1. The highest BCUT2D eigenvalue weighted by Crippen LogP contribution is 2.31. The van der Waals surface area contributed by atoms with Crippen LogP contribution in [0.2, 0.25) is 0 Å². The molecule has 2 heterocycles. The van der Waals surface area contributed by atoms with Gasteiger partial charge in [-0.3, -0.25) is 4.79 Å². The molecule has 0 aromatic heterocycles. The molecule has 5 N–H and O–H groups in total. The molecule has 0 aromatic carbocycles. The lowest BCUT2D eigenvalue weighted by atomic mass is 9.84. The Labute approximate surface area is 166 Å². The number of aliphatic hydroxyl groups excluding tert-OH is 3. The quantitative estimate of drug-likeness (QED) is 0.396. The van der Waals surface area contributed by atoms with E-state index in [0.717, 1.165) is 19.4 Å². The fraction of sp³-hybridized carbons (Fsp3) is 0.947. The number of nitrogens with one attached hydrogen (secondary N) is 2. The van der Waals surface area contributed by atoms with Gasteiger partial charge in [-0.05, 0) is 30.4 Å². The molecule has 2 aliphatic heterocycles. The first kappa shape index (κ1) is 22.9. The molecule has 2 rings (SSSR count). The summed E-state index contributed by atoms with van der Waals surface area (Å²) >= 11 is 1.27. The van der Waals surface area contributed by atoms with Gasteiger partial charge in [0.25, 0.3) is 0 Å². The Morgan fingerprint density at radius 2 is 1.85 bits per heavy atom. The van der Waals surface area contributed by atoms with Crippen LogP contribution in [0.4, 0.5) is 0 Å². The number of ether oxygens (including phenoxy) is 1. The lowest BCUT2D eigenvalue weighted by Crippen LogP contribution is -2.67. The fourth-order valence-corrected chi connectivity index (χ4v) is 4.45. The van der Waals surface area contributed by atoms with Crippen molar-refractivity contribution in [1.82, 2.24) is 10.6 Å². The van der Waals surface area contributed by atoms with Crippen LogP contribution in [0.3, 0.4) is 0 Å². The van der Waals surface area contributed by atoms with Crippen LogP contribution in [0, 0.1) is 17.8 Å². The average Bonchev–Trinajstić information content (AvgIpc) is 2.57. The normalized spacial score (nSPS) is 37.9. The summed E-state index contributed by atoms with van der Waals surface area (Å²) in [5, 5.41) is 36.9. The molecule has 1 amide bonds. The highest BCUT2D eigenvalue weighted by atomic mass is 32.2. The zero-order chi connectivity index (χ0) is 20.3. The molecule has 0 saturated carbocycles. The van der Waals surface area contributed by atoms with E-state index in [0.29, 0.717) is 11.8 Å². The van der Waals surface area contributed by atoms with Crippen LogP contribution in [0.1, 0.15) is 40.5 Å². The van der Waals surface area contributed by atoms with Crippen LogP contribution in [0.5, 0.6) is 0 Å². The summed E-state index contributed by atoms with van der Waals surface area (Å²) in [6.07, 6.45) is -0.634. The maximum atomic E-state index is 12.8. The SMILES string of the molecule is CS[C@H]1O[C@H]([C@H](NC(=O)[C@H]2NC[C@@H]2CCC(C)C)C(C)C)[C@H](O)[C@H](O)[C@H]1O. The minimum absolute atomic E-state index is 0.00672. The topological polar surface area (TPSA) is 111 Å². The molecule has 0 unspecified atom stereocenters. The third-order valence-corrected chi connectivity index (χ3v) is 6.54. The summed E-state index contributed by atoms with van der Waals surface area (Å²) in [5.41, 5.74) is -0.646. The van der Waals surface area contributed by atoms with Gasteiger partial charge in [0, 0.05) is 6.54 Å². The molecule has 0 radical (unpaired) electrons. The predicted molar refractivity (Wildman–Crippen MR) is 106 cm³/mol. The van der Waals surface area contributed by atoms with Gasteiger partial charge in [-0.15, -0.1) is 11.8 Å². The molecule has 7 nitrogen and oxygen atoms in total. The van der Waals surface area contributed by atoms with E-state index in [2.05, 4.69) is 24.5 Å². The standard InChI is InChI=1S/C19H36N2O5S/c1-9(2)6-7-11-8-20-13(11)18(25)21-12(10(3)4)17-15(23)14(22)16(24)19(26-17)27-5/h9-17,19-20,22-24H,6-8H2,1-5H3,(H,21,25)/t11-,12+,13-,14-,15+,16+,17+,19+/m0/s1. The van der Waals surface area contributed by atoms with E-state index in [1.54, 1.807) is 6.26 Å². The van der Waals surface area contributed by atoms with E-state index in [-0.39, 0.29) is 17.9 Å². The van der Waals surface area contributed by atoms with Crippen LogP contribution < -0.4 is 10.6 Å². The predicted octanol–water partition coefficient (Wildman–Crippen LogP) is 0.322. The number of amides is 1. The second-order valence-corrected chi connectivity index (χ2v) is 9.51. The van der Waals surface area contributed by atoms with Crippen LogP contribution >= 0.6 is 11.8 Å². The summed E-state index contributed by atoms with van der Waals surface area (Å²) < 4.78 is 5.86. The lowest BCUT2D eigenvalue weighted by Gasteiger charge is -2.45. The van der Waals surface area contributed by atoms with Crippen LogP contribution in [0.15, 0.2) is 0 Å². The van der Waals surface area contributed by atoms with E-state index in [9.17, 15) is 20.1 Å². The lowest BCUT2D eigenvalue weighted by molar-refractivity contribution is -0.208. The van der Waals surface area contributed by atoms with Crippen LogP contribution in [-0.2, 0) is 9.53 Å². The molecule has 2 fully saturated rings. The maximum absolute atomic E-state index is 12.8. The zero-order valence-electron chi connectivity index (χ0n) is 17.0. The summed E-state index contributed by atoms with van der Waals surface area (Å²) in [6.45, 7) is 9.09. The highest BCUT2D eigenvalue weighted by molar-refractivity contribution is 7.99. The number of carbonyl (C=O) groups excluding carboxylic acids is 1. The minimum atomic E-state index is -1.31. The molecule has 158 valence electrons. The molecule has 0 aliphatic carbocycles. The summed E-state index contributed by atoms with van der Waals surface area (Å²) in [5.74, 6) is 0.835. The zero-order valence-corrected chi connectivity index (χ0v) is 17.8. The van der Waals surface area contributed by atoms with Crippen molar-refractivity contribution in [2.24, 2.45) is 17.8 Å². The van der Waals surface area contributed by atoms with Gasteiger partial charge in [-0.25, -0.2) is 0 Å². The number of hydrogen-bond acceptors (Lipinski definition) is 7. The largest absolute Gasteiger partial charge is 0.388 e. The molecule has 2 saturated heterocycles. The first-order valence-corrected chi connectivity index (χ1v) is 11.2. The number of aliphatic hydroxyl groups is 3. The van der Waals surface area contributed by atoms with Crippen molar-refractivity contribution in [3.8, 4) is 0 Å². The van der Waals surface area contributed by atoms with Gasteiger partial charge < -0.3 is 30.7 Å². The molecule has 8 heteroatoms. The molecule has 0 bridgehead atoms. The van der Waals surface area contributed by atoms with Gasteiger partial charge in [0.1, 0.15) is 29.9 Å². The Kier molecular flexibility index (Phi) is 8.39. The average molecular weight is 405 g/mol. The van der Waals surface area contributed by atoms with Gasteiger partial charge in [-0.1, -0.05) is 34.1 Å². The van der Waals surface area contributed by atoms with Crippen molar-refractivity contribution < 1.29 is 24.9 Å². The number of thioether (sulfide) groups is 1. The highest BCUT2D eigenvalue weighted by Gasteiger charge is 2.48. The van der Waals surface area contributed by atoms with Gasteiger partial charge in [0.05, 0.1) is 12.1 Å². The molecule has 8 atom stereocenters. The minimum Gasteiger partial charge on any atom is -0.388 e.